The molecule has 5 nitrogen and oxygen atoms in total. The van der Waals surface area contributed by atoms with Crippen molar-refractivity contribution in [3.05, 3.63) is 35.4 Å². The van der Waals surface area contributed by atoms with E-state index in [9.17, 15) is 9.59 Å². The molecule has 0 unspecified atom stereocenters. The number of likely N-dealkylation sites (tertiary alicyclic amines) is 1. The number of piperidine rings is 1. The molecule has 1 N–H and O–H groups in total. The molecule has 5 heteroatoms. The van der Waals surface area contributed by atoms with Gasteiger partial charge < -0.3 is 10.2 Å². The van der Waals surface area contributed by atoms with E-state index in [1.807, 2.05) is 38.4 Å². The van der Waals surface area contributed by atoms with Gasteiger partial charge in [0.05, 0.1) is 6.04 Å². The van der Waals surface area contributed by atoms with Gasteiger partial charge in [-0.3, -0.25) is 14.5 Å². The van der Waals surface area contributed by atoms with E-state index in [2.05, 4.69) is 10.2 Å². The molecule has 0 aromatic heterocycles. The maximum atomic E-state index is 12.6. The minimum absolute atomic E-state index is 0.00249. The Morgan fingerprint density at radius 2 is 1.88 bits per heavy atom. The molecule has 1 aromatic rings. The van der Waals surface area contributed by atoms with Crippen molar-refractivity contribution in [2.75, 3.05) is 20.6 Å². The molecule has 0 radical (unpaired) electrons. The number of likely N-dealkylation sites (N-methyl/N-ethyl adjacent to an activating group) is 2. The molecule has 2 fully saturated rings. The van der Waals surface area contributed by atoms with Crippen LogP contribution in [0.3, 0.4) is 0 Å². The van der Waals surface area contributed by atoms with Crippen LogP contribution in [0.4, 0.5) is 0 Å². The lowest BCUT2D eigenvalue weighted by molar-refractivity contribution is -0.136. The first-order valence-electron chi connectivity index (χ1n) is 8.89. The fraction of sp³-hybridized carbons (Fsp3) is 0.579. The predicted molar refractivity (Wildman–Crippen MR) is 93.7 cm³/mol. The van der Waals surface area contributed by atoms with Gasteiger partial charge in [0.15, 0.2) is 0 Å². The average Bonchev–Trinajstić information content (AvgIpc) is 3.39. The molecule has 130 valence electrons. The van der Waals surface area contributed by atoms with Crippen LogP contribution in [0, 0.1) is 0 Å². The molecule has 24 heavy (non-hydrogen) atoms. The second-order valence-electron chi connectivity index (χ2n) is 7.13. The topological polar surface area (TPSA) is 52.7 Å². The highest BCUT2D eigenvalue weighted by Crippen LogP contribution is 2.20. The van der Waals surface area contributed by atoms with E-state index in [1.54, 1.807) is 4.90 Å². The zero-order valence-corrected chi connectivity index (χ0v) is 14.6. The zero-order valence-electron chi connectivity index (χ0n) is 14.6. The summed E-state index contributed by atoms with van der Waals surface area (Å²) in [6.45, 7) is 1.57. The van der Waals surface area contributed by atoms with Gasteiger partial charge in [-0.2, -0.15) is 0 Å². The largest absolute Gasteiger partial charge is 0.349 e. The predicted octanol–water partition coefficient (Wildman–Crippen LogP) is 2.02. The monoisotopic (exact) mass is 329 g/mol. The average molecular weight is 329 g/mol. The molecular weight excluding hydrogens is 302 g/mol. The molecule has 1 aliphatic heterocycles. The first kappa shape index (κ1) is 17.0. The summed E-state index contributed by atoms with van der Waals surface area (Å²) < 4.78 is 0. The molecule has 1 aliphatic carbocycles. The number of carbonyl (C=O) groups excluding carboxylic acids is 2. The van der Waals surface area contributed by atoms with Crippen LogP contribution < -0.4 is 5.32 Å². The molecule has 1 saturated carbocycles. The molecule has 1 atom stereocenters. The van der Waals surface area contributed by atoms with Crippen LogP contribution in [0.1, 0.15) is 48.0 Å². The maximum absolute atomic E-state index is 12.6. The number of rotatable bonds is 5. The molecule has 2 amide bonds. The van der Waals surface area contributed by atoms with Crippen molar-refractivity contribution >= 4 is 11.8 Å². The van der Waals surface area contributed by atoms with E-state index in [0.717, 1.165) is 37.8 Å². The van der Waals surface area contributed by atoms with E-state index < -0.39 is 0 Å². The van der Waals surface area contributed by atoms with E-state index in [0.29, 0.717) is 18.2 Å². The van der Waals surface area contributed by atoms with Crippen molar-refractivity contribution < 1.29 is 9.59 Å². The van der Waals surface area contributed by atoms with Crippen molar-refractivity contribution in [1.82, 2.24) is 15.1 Å². The van der Waals surface area contributed by atoms with Gasteiger partial charge in [-0.1, -0.05) is 18.6 Å². The van der Waals surface area contributed by atoms with E-state index in [1.165, 1.54) is 6.42 Å². The molecule has 1 aromatic carbocycles. The fourth-order valence-corrected chi connectivity index (χ4v) is 3.25. The van der Waals surface area contributed by atoms with Crippen molar-refractivity contribution in [2.24, 2.45) is 0 Å². The van der Waals surface area contributed by atoms with Crippen LogP contribution in [0.15, 0.2) is 24.3 Å². The number of hydrogen-bond acceptors (Lipinski definition) is 3. The van der Waals surface area contributed by atoms with Crippen molar-refractivity contribution in [1.29, 1.82) is 0 Å². The lowest BCUT2D eigenvalue weighted by Crippen LogP contribution is -2.47. The Bertz CT molecular complexity index is 595. The summed E-state index contributed by atoms with van der Waals surface area (Å²) in [5, 5.41) is 2.99. The molecule has 0 spiro atoms. The summed E-state index contributed by atoms with van der Waals surface area (Å²) >= 11 is 0. The summed E-state index contributed by atoms with van der Waals surface area (Å²) in [6, 6.07) is 7.95. The molecule has 2 aliphatic rings. The van der Waals surface area contributed by atoms with Crippen LogP contribution >= 0.6 is 0 Å². The zero-order chi connectivity index (χ0) is 17.1. The van der Waals surface area contributed by atoms with Crippen LogP contribution in [-0.4, -0.2) is 54.3 Å². The standard InChI is InChI=1S/C19H27N3O2/c1-21-12-4-3-5-17(21)19(24)22(2)13-14-6-8-15(9-7-14)18(23)20-16-10-11-16/h6-9,16-17H,3-5,10-13H2,1-2H3,(H,20,23)/t17-/m0/s1. The number of nitrogens with zero attached hydrogens (tertiary/aromatic N) is 2. The Balaban J connectivity index is 1.56. The van der Waals surface area contributed by atoms with Crippen molar-refractivity contribution in [2.45, 2.75) is 50.7 Å². The Morgan fingerprint density at radius 3 is 2.50 bits per heavy atom. The lowest BCUT2D eigenvalue weighted by atomic mass is 10.0. The Kier molecular flexibility index (Phi) is 5.19. The lowest BCUT2D eigenvalue weighted by Gasteiger charge is -2.34. The first-order valence-corrected chi connectivity index (χ1v) is 8.89. The minimum atomic E-state index is -0.00249. The second kappa shape index (κ2) is 7.34. The highest BCUT2D eigenvalue weighted by Gasteiger charge is 2.28. The van der Waals surface area contributed by atoms with Gasteiger partial charge in [0.2, 0.25) is 5.91 Å². The highest BCUT2D eigenvalue weighted by atomic mass is 16.2. The Morgan fingerprint density at radius 1 is 1.17 bits per heavy atom. The van der Waals surface area contributed by atoms with Gasteiger partial charge in [-0.05, 0) is 57.0 Å². The molecule has 1 saturated heterocycles. The van der Waals surface area contributed by atoms with E-state index in [-0.39, 0.29) is 17.9 Å². The molecule has 3 rings (SSSR count). The van der Waals surface area contributed by atoms with Crippen molar-refractivity contribution in [3.8, 4) is 0 Å². The Hall–Kier alpha value is -1.88. The second-order valence-corrected chi connectivity index (χ2v) is 7.13. The van der Waals surface area contributed by atoms with Crippen LogP contribution in [-0.2, 0) is 11.3 Å². The van der Waals surface area contributed by atoms with E-state index in [4.69, 9.17) is 0 Å². The number of hydrogen-bond donors (Lipinski definition) is 1. The summed E-state index contributed by atoms with van der Waals surface area (Å²) in [7, 11) is 3.89. The fourth-order valence-electron chi connectivity index (χ4n) is 3.25. The summed E-state index contributed by atoms with van der Waals surface area (Å²) in [5.41, 5.74) is 1.74. The van der Waals surface area contributed by atoms with Crippen LogP contribution in [0.2, 0.25) is 0 Å². The smallest absolute Gasteiger partial charge is 0.251 e. The van der Waals surface area contributed by atoms with Gasteiger partial charge >= 0.3 is 0 Å². The third kappa shape index (κ3) is 4.15. The number of amides is 2. The number of benzene rings is 1. The van der Waals surface area contributed by atoms with E-state index >= 15 is 0 Å². The molecule has 1 heterocycles. The third-order valence-electron chi connectivity index (χ3n) is 4.98. The SMILES string of the molecule is CN(Cc1ccc(C(=O)NC2CC2)cc1)C(=O)[C@@H]1CCCCN1C. The van der Waals surface area contributed by atoms with Crippen LogP contribution in [0.5, 0.6) is 0 Å². The summed E-state index contributed by atoms with van der Waals surface area (Å²) in [6.07, 6.45) is 5.42. The van der Waals surface area contributed by atoms with Gasteiger partial charge in [0, 0.05) is 25.2 Å². The first-order chi connectivity index (χ1) is 11.5. The normalized spacial score (nSPS) is 21.3. The summed E-state index contributed by atoms with van der Waals surface area (Å²) in [5.74, 6) is 0.185. The third-order valence-corrected chi connectivity index (χ3v) is 4.98. The van der Waals surface area contributed by atoms with Gasteiger partial charge in [-0.15, -0.1) is 0 Å². The minimum Gasteiger partial charge on any atom is -0.349 e. The van der Waals surface area contributed by atoms with Gasteiger partial charge in [0.1, 0.15) is 0 Å². The quantitative estimate of drug-likeness (QED) is 0.899. The van der Waals surface area contributed by atoms with Gasteiger partial charge in [0.25, 0.3) is 5.91 Å². The summed E-state index contributed by atoms with van der Waals surface area (Å²) in [4.78, 5) is 28.6. The van der Waals surface area contributed by atoms with Crippen LogP contribution in [0.25, 0.3) is 0 Å². The highest BCUT2D eigenvalue weighted by molar-refractivity contribution is 5.94. The Labute approximate surface area is 144 Å². The number of carbonyl (C=O) groups is 2. The van der Waals surface area contributed by atoms with Gasteiger partial charge in [-0.25, -0.2) is 0 Å². The number of nitrogens with one attached hydrogen (secondary N) is 1. The van der Waals surface area contributed by atoms with Crippen molar-refractivity contribution in [3.63, 3.8) is 0 Å². The molecule has 0 bridgehead atoms. The molecular formula is C19H27N3O2. The maximum Gasteiger partial charge on any atom is 0.251 e.